The van der Waals surface area contributed by atoms with Crippen LogP contribution in [0.15, 0.2) is 182 Å². The quantitative estimate of drug-likeness (QED) is 0.181. The van der Waals surface area contributed by atoms with Gasteiger partial charge in [0.2, 0.25) is 0 Å². The minimum absolute atomic E-state index is 0.498. The molecule has 0 fully saturated rings. The Morgan fingerprint density at radius 2 is 0.755 bits per heavy atom. The fourth-order valence-electron chi connectivity index (χ4n) is 9.12. The maximum atomic E-state index is 2.54. The smallest absolute Gasteiger partial charge is 0.0622 e. The summed E-state index contributed by atoms with van der Waals surface area (Å²) in [5.74, 6) is 0. The highest BCUT2D eigenvalue weighted by atomic mass is 14.5. The van der Waals surface area contributed by atoms with Crippen molar-refractivity contribution >= 4 is 32.3 Å². The first-order chi connectivity index (χ1) is 24.3. The zero-order valence-corrected chi connectivity index (χ0v) is 26.8. The molecule has 11 rings (SSSR count). The predicted molar refractivity (Wildman–Crippen MR) is 206 cm³/mol. The Kier molecular flexibility index (Phi) is 5.41. The topological polar surface area (TPSA) is 0 Å². The van der Waals surface area contributed by atoms with Crippen LogP contribution in [0.25, 0.3) is 76.8 Å². The van der Waals surface area contributed by atoms with Crippen molar-refractivity contribution in [2.75, 3.05) is 0 Å². The molecule has 49 heavy (non-hydrogen) atoms. The van der Waals surface area contributed by atoms with E-state index in [1.165, 1.54) is 99.1 Å². The lowest BCUT2D eigenvalue weighted by Crippen LogP contribution is -2.26. The van der Waals surface area contributed by atoms with E-state index < -0.39 is 5.41 Å². The van der Waals surface area contributed by atoms with Crippen LogP contribution in [0.2, 0.25) is 0 Å². The van der Waals surface area contributed by atoms with Crippen LogP contribution in [0.4, 0.5) is 0 Å². The van der Waals surface area contributed by atoms with Crippen LogP contribution < -0.4 is 0 Å². The molecule has 9 aromatic carbocycles. The molecule has 0 saturated heterocycles. The summed E-state index contributed by atoms with van der Waals surface area (Å²) in [4.78, 5) is 0. The summed E-state index contributed by atoms with van der Waals surface area (Å²) < 4.78 is 0. The van der Waals surface area contributed by atoms with Crippen LogP contribution in [-0.2, 0) is 5.41 Å². The highest BCUT2D eigenvalue weighted by molar-refractivity contribution is 6.12. The van der Waals surface area contributed by atoms with Crippen LogP contribution in [0.5, 0.6) is 0 Å². The lowest BCUT2D eigenvalue weighted by atomic mass is 9.69. The second-order valence-electron chi connectivity index (χ2n) is 13.6. The third kappa shape index (κ3) is 3.58. The van der Waals surface area contributed by atoms with Gasteiger partial charge in [-0.15, -0.1) is 0 Å². The second kappa shape index (κ2) is 9.89. The Morgan fingerprint density at radius 1 is 0.265 bits per heavy atom. The van der Waals surface area contributed by atoms with Gasteiger partial charge in [-0.3, -0.25) is 0 Å². The average molecular weight is 619 g/mol. The van der Waals surface area contributed by atoms with Gasteiger partial charge in [0, 0.05) is 0 Å². The lowest BCUT2D eigenvalue weighted by Gasteiger charge is -2.32. The van der Waals surface area contributed by atoms with Gasteiger partial charge in [-0.05, 0) is 135 Å². The molecule has 1 spiro atoms. The lowest BCUT2D eigenvalue weighted by molar-refractivity contribution is 0.797. The Balaban J connectivity index is 1.37. The zero-order chi connectivity index (χ0) is 32.1. The van der Waals surface area contributed by atoms with Crippen LogP contribution in [0.1, 0.15) is 22.3 Å². The molecule has 0 aromatic heterocycles. The fourth-order valence-corrected chi connectivity index (χ4v) is 9.12. The molecule has 0 nitrogen and oxygen atoms in total. The van der Waals surface area contributed by atoms with Crippen molar-refractivity contribution in [2.24, 2.45) is 0 Å². The van der Waals surface area contributed by atoms with Gasteiger partial charge < -0.3 is 0 Å². The van der Waals surface area contributed by atoms with Gasteiger partial charge in [-0.1, -0.05) is 146 Å². The van der Waals surface area contributed by atoms with E-state index in [4.69, 9.17) is 0 Å². The van der Waals surface area contributed by atoms with Crippen LogP contribution in [-0.4, -0.2) is 0 Å². The maximum Gasteiger partial charge on any atom is 0.0726 e. The zero-order valence-electron chi connectivity index (χ0n) is 26.8. The molecule has 0 heterocycles. The molecule has 0 atom stereocenters. The Hall–Kier alpha value is -6.24. The van der Waals surface area contributed by atoms with Crippen molar-refractivity contribution in [3.8, 4) is 44.5 Å². The first kappa shape index (κ1) is 26.8. The molecule has 0 saturated carbocycles. The molecule has 9 aromatic rings. The highest BCUT2D eigenvalue weighted by Crippen LogP contribution is 2.65. The van der Waals surface area contributed by atoms with E-state index in [0.29, 0.717) is 0 Å². The van der Waals surface area contributed by atoms with Gasteiger partial charge in [0.05, 0.1) is 5.41 Å². The molecule has 0 N–H and O–H groups in total. The van der Waals surface area contributed by atoms with E-state index in [-0.39, 0.29) is 0 Å². The van der Waals surface area contributed by atoms with Crippen LogP contribution >= 0.6 is 0 Å². The summed E-state index contributed by atoms with van der Waals surface area (Å²) in [5, 5.41) is 7.70. The van der Waals surface area contributed by atoms with Gasteiger partial charge >= 0.3 is 0 Å². The van der Waals surface area contributed by atoms with Crippen molar-refractivity contribution in [3.63, 3.8) is 0 Å². The van der Waals surface area contributed by atoms with Gasteiger partial charge in [0.1, 0.15) is 0 Å². The third-order valence-electron chi connectivity index (χ3n) is 11.2. The second-order valence-corrected chi connectivity index (χ2v) is 13.6. The number of hydrogen-bond acceptors (Lipinski definition) is 0. The van der Waals surface area contributed by atoms with Crippen molar-refractivity contribution in [2.45, 2.75) is 5.41 Å². The van der Waals surface area contributed by atoms with Gasteiger partial charge in [-0.2, -0.15) is 0 Å². The van der Waals surface area contributed by atoms with E-state index in [1.807, 2.05) is 0 Å². The van der Waals surface area contributed by atoms with Crippen molar-refractivity contribution < 1.29 is 0 Å². The van der Waals surface area contributed by atoms with Crippen molar-refractivity contribution in [1.82, 2.24) is 0 Å². The number of fused-ring (bicyclic) bond motifs is 14. The Bertz CT molecular complexity index is 2720. The molecule has 226 valence electrons. The number of rotatable bonds is 2. The predicted octanol–water partition coefficient (Wildman–Crippen LogP) is 12.8. The van der Waals surface area contributed by atoms with Gasteiger partial charge in [0.15, 0.2) is 0 Å². The summed E-state index contributed by atoms with van der Waals surface area (Å²) in [6.07, 6.45) is 0. The van der Waals surface area contributed by atoms with Crippen molar-refractivity contribution in [1.29, 1.82) is 0 Å². The molecule has 0 heteroatoms. The monoisotopic (exact) mass is 618 g/mol. The SMILES string of the molecule is c1ccc(-c2ccc3c(c2)C2(c4cc5ccccc5cc4-c4cc5ccccc5cc42)c2cc(-c4ccccc4)c4ccccc4c2-3)cc1. The first-order valence-electron chi connectivity index (χ1n) is 17.2. The third-order valence-corrected chi connectivity index (χ3v) is 11.2. The van der Waals surface area contributed by atoms with E-state index in [1.54, 1.807) is 0 Å². The normalized spacial score (nSPS) is 13.5. The molecular formula is C49H30. The molecule has 0 amide bonds. The molecule has 0 aliphatic heterocycles. The Morgan fingerprint density at radius 3 is 1.37 bits per heavy atom. The minimum Gasteiger partial charge on any atom is -0.0622 e. The van der Waals surface area contributed by atoms with E-state index in [2.05, 4.69) is 182 Å². The minimum atomic E-state index is -0.498. The van der Waals surface area contributed by atoms with E-state index >= 15 is 0 Å². The average Bonchev–Trinajstić information content (AvgIpc) is 3.62. The van der Waals surface area contributed by atoms with E-state index in [0.717, 1.165) is 0 Å². The summed E-state index contributed by atoms with van der Waals surface area (Å²) in [7, 11) is 0. The first-order valence-corrected chi connectivity index (χ1v) is 17.2. The van der Waals surface area contributed by atoms with Gasteiger partial charge in [0.25, 0.3) is 0 Å². The molecule has 2 aliphatic carbocycles. The standard InChI is InChI=1S/C49H30/c1-3-13-31(14-4-1)37-23-24-40-44(29-37)49(47-30-41(32-15-5-2-6-16-32)38-21-11-12-22-39(38)48(40)47)45-27-35-19-9-7-17-33(35)25-42(45)43-26-34-18-8-10-20-36(34)28-46(43)49/h1-30H. The molecular weight excluding hydrogens is 589 g/mol. The van der Waals surface area contributed by atoms with Crippen molar-refractivity contribution in [3.05, 3.63) is 204 Å². The maximum absolute atomic E-state index is 2.54. The molecule has 2 aliphatic rings. The van der Waals surface area contributed by atoms with E-state index in [9.17, 15) is 0 Å². The molecule has 0 unspecified atom stereocenters. The van der Waals surface area contributed by atoms with Gasteiger partial charge in [-0.25, -0.2) is 0 Å². The van der Waals surface area contributed by atoms with Crippen LogP contribution in [0, 0.1) is 0 Å². The fraction of sp³-hybridized carbons (Fsp3) is 0.0204. The summed E-state index contributed by atoms with van der Waals surface area (Å²) in [6.45, 7) is 0. The number of benzene rings is 9. The van der Waals surface area contributed by atoms with Crippen LogP contribution in [0.3, 0.4) is 0 Å². The highest BCUT2D eigenvalue weighted by Gasteiger charge is 2.52. The molecule has 0 bridgehead atoms. The summed E-state index contributed by atoms with van der Waals surface area (Å²) in [6, 6.07) is 68.2. The molecule has 0 radical (unpaired) electrons. The number of hydrogen-bond donors (Lipinski definition) is 0. The summed E-state index contributed by atoms with van der Waals surface area (Å²) in [5.41, 5.74) is 15.3. The Labute approximate surface area is 285 Å². The largest absolute Gasteiger partial charge is 0.0726 e. The summed E-state index contributed by atoms with van der Waals surface area (Å²) >= 11 is 0.